The molecule has 0 aliphatic rings. The Kier molecular flexibility index (Phi) is 3.02. The van der Waals surface area contributed by atoms with E-state index in [4.69, 9.17) is 11.6 Å². The molecule has 0 heterocycles. The number of benzene rings is 2. The summed E-state index contributed by atoms with van der Waals surface area (Å²) in [4.78, 5) is 0. The van der Waals surface area contributed by atoms with E-state index < -0.39 is 0 Å². The molecule has 82 valence electrons. The summed E-state index contributed by atoms with van der Waals surface area (Å²) in [5.74, 6) is 0. The fraction of sp³-hybridized carbons (Fsp3) is 0.200. The van der Waals surface area contributed by atoms with E-state index in [0.29, 0.717) is 0 Å². The second kappa shape index (κ2) is 4.31. The number of halogens is 1. The van der Waals surface area contributed by atoms with E-state index >= 15 is 0 Å². The maximum Gasteiger partial charge on any atom is 0.0412 e. The molecule has 0 spiro atoms. The second-order valence-corrected chi connectivity index (χ2v) is 4.77. The van der Waals surface area contributed by atoms with E-state index in [-0.39, 0.29) is 0 Å². The molecule has 0 saturated heterocycles. The summed E-state index contributed by atoms with van der Waals surface area (Å²) in [6, 6.07) is 12.6. The van der Waals surface area contributed by atoms with Gasteiger partial charge in [-0.25, -0.2) is 0 Å². The molecule has 2 rings (SSSR count). The zero-order chi connectivity index (χ0) is 11.7. The lowest BCUT2D eigenvalue weighted by Gasteiger charge is -2.09. The summed E-state index contributed by atoms with van der Waals surface area (Å²) >= 11 is 6.05. The first-order chi connectivity index (χ1) is 7.56. The largest absolute Gasteiger partial charge is 0.0843 e. The third-order valence-electron chi connectivity index (χ3n) is 2.73. The zero-order valence-corrected chi connectivity index (χ0v) is 10.6. The first-order valence-corrected chi connectivity index (χ1v) is 5.79. The molecule has 2 aromatic rings. The highest BCUT2D eigenvalue weighted by Crippen LogP contribution is 2.28. The summed E-state index contributed by atoms with van der Waals surface area (Å²) in [6.07, 6.45) is 0. The fourth-order valence-corrected chi connectivity index (χ4v) is 2.21. The highest BCUT2D eigenvalue weighted by atomic mass is 35.5. The Morgan fingerprint density at radius 3 is 2.06 bits per heavy atom. The van der Waals surface area contributed by atoms with Crippen molar-refractivity contribution in [2.45, 2.75) is 20.8 Å². The van der Waals surface area contributed by atoms with Crippen LogP contribution in [0.25, 0.3) is 11.1 Å². The van der Waals surface area contributed by atoms with Crippen molar-refractivity contribution in [1.82, 2.24) is 0 Å². The quantitative estimate of drug-likeness (QED) is 0.652. The first-order valence-electron chi connectivity index (χ1n) is 5.41. The Labute approximate surface area is 102 Å². The molecule has 0 atom stereocenters. The predicted octanol–water partition coefficient (Wildman–Crippen LogP) is 4.93. The summed E-state index contributed by atoms with van der Waals surface area (Å²) in [7, 11) is 0. The van der Waals surface area contributed by atoms with E-state index in [9.17, 15) is 0 Å². The van der Waals surface area contributed by atoms with Crippen molar-refractivity contribution in [3.05, 3.63) is 58.1 Å². The topological polar surface area (TPSA) is 0 Å². The summed E-state index contributed by atoms with van der Waals surface area (Å²) in [5, 5.41) is 0.791. The number of rotatable bonds is 1. The molecule has 0 saturated carbocycles. The van der Waals surface area contributed by atoms with Gasteiger partial charge in [0.2, 0.25) is 0 Å². The average molecular weight is 231 g/mol. The van der Waals surface area contributed by atoms with Crippen LogP contribution in [0.4, 0.5) is 0 Å². The summed E-state index contributed by atoms with van der Waals surface area (Å²) in [6.45, 7) is 6.36. The lowest BCUT2D eigenvalue weighted by Crippen LogP contribution is -1.86. The number of hydrogen-bond donors (Lipinski definition) is 0. The highest BCUT2D eigenvalue weighted by Gasteiger charge is 2.04. The van der Waals surface area contributed by atoms with Gasteiger partial charge in [-0.1, -0.05) is 47.0 Å². The molecule has 16 heavy (non-hydrogen) atoms. The van der Waals surface area contributed by atoms with E-state index in [1.54, 1.807) is 0 Å². The van der Waals surface area contributed by atoms with Gasteiger partial charge in [-0.2, -0.15) is 0 Å². The van der Waals surface area contributed by atoms with Gasteiger partial charge < -0.3 is 0 Å². The molecule has 0 N–H and O–H groups in total. The fourth-order valence-electron chi connectivity index (χ4n) is 2.04. The van der Waals surface area contributed by atoms with Crippen LogP contribution in [0, 0.1) is 20.8 Å². The van der Waals surface area contributed by atoms with Crippen LogP contribution in [0.15, 0.2) is 36.4 Å². The lowest BCUT2D eigenvalue weighted by atomic mass is 9.97. The SMILES string of the molecule is Cc1cc(C)cc(-c2cc(Cl)ccc2C)c1. The standard InChI is InChI=1S/C15H15Cl/c1-10-6-11(2)8-13(7-10)15-9-14(16)5-4-12(15)3/h4-9H,1-3H3. The Balaban J connectivity index is 2.62. The van der Waals surface area contributed by atoms with E-state index in [2.05, 4.69) is 45.0 Å². The van der Waals surface area contributed by atoms with Crippen molar-refractivity contribution in [2.24, 2.45) is 0 Å². The monoisotopic (exact) mass is 230 g/mol. The van der Waals surface area contributed by atoms with Gasteiger partial charge in [-0.3, -0.25) is 0 Å². The van der Waals surface area contributed by atoms with Gasteiger partial charge in [-0.15, -0.1) is 0 Å². The number of aryl methyl sites for hydroxylation is 3. The van der Waals surface area contributed by atoms with Crippen molar-refractivity contribution in [3.8, 4) is 11.1 Å². The van der Waals surface area contributed by atoms with Crippen LogP contribution < -0.4 is 0 Å². The molecule has 0 unspecified atom stereocenters. The predicted molar refractivity (Wildman–Crippen MR) is 71.1 cm³/mol. The molecule has 0 radical (unpaired) electrons. The van der Waals surface area contributed by atoms with E-state index in [1.807, 2.05) is 12.1 Å². The van der Waals surface area contributed by atoms with Gasteiger partial charge in [-0.05, 0) is 49.6 Å². The van der Waals surface area contributed by atoms with Gasteiger partial charge in [0, 0.05) is 5.02 Å². The molecule has 0 amide bonds. The van der Waals surface area contributed by atoms with Crippen LogP contribution in [-0.2, 0) is 0 Å². The first kappa shape index (κ1) is 11.2. The molecule has 0 aliphatic carbocycles. The van der Waals surface area contributed by atoms with Crippen molar-refractivity contribution in [1.29, 1.82) is 0 Å². The molecule has 1 heteroatoms. The molecular weight excluding hydrogens is 216 g/mol. The molecule has 0 nitrogen and oxygen atoms in total. The van der Waals surface area contributed by atoms with E-state index in [0.717, 1.165) is 5.02 Å². The van der Waals surface area contributed by atoms with Crippen LogP contribution in [0.5, 0.6) is 0 Å². The Hall–Kier alpha value is -1.27. The van der Waals surface area contributed by atoms with Crippen LogP contribution in [-0.4, -0.2) is 0 Å². The van der Waals surface area contributed by atoms with Crippen LogP contribution in [0.1, 0.15) is 16.7 Å². The normalized spacial score (nSPS) is 10.5. The minimum Gasteiger partial charge on any atom is -0.0843 e. The third-order valence-corrected chi connectivity index (χ3v) is 2.97. The second-order valence-electron chi connectivity index (χ2n) is 4.34. The van der Waals surface area contributed by atoms with Crippen LogP contribution in [0.2, 0.25) is 5.02 Å². The maximum atomic E-state index is 6.05. The van der Waals surface area contributed by atoms with Crippen molar-refractivity contribution >= 4 is 11.6 Å². The average Bonchev–Trinajstić information content (AvgIpc) is 2.20. The Morgan fingerprint density at radius 1 is 0.812 bits per heavy atom. The van der Waals surface area contributed by atoms with Crippen LogP contribution >= 0.6 is 11.6 Å². The molecule has 0 aliphatic heterocycles. The molecule has 0 aromatic heterocycles. The van der Waals surface area contributed by atoms with Crippen molar-refractivity contribution in [2.75, 3.05) is 0 Å². The Bertz CT molecular complexity index is 507. The summed E-state index contributed by atoms with van der Waals surface area (Å²) < 4.78 is 0. The van der Waals surface area contributed by atoms with Crippen LogP contribution in [0.3, 0.4) is 0 Å². The van der Waals surface area contributed by atoms with Gasteiger partial charge >= 0.3 is 0 Å². The van der Waals surface area contributed by atoms with Gasteiger partial charge in [0.15, 0.2) is 0 Å². The molecule has 2 aromatic carbocycles. The zero-order valence-electron chi connectivity index (χ0n) is 9.84. The van der Waals surface area contributed by atoms with Gasteiger partial charge in [0.25, 0.3) is 0 Å². The van der Waals surface area contributed by atoms with Gasteiger partial charge in [0.05, 0.1) is 0 Å². The third kappa shape index (κ3) is 2.28. The smallest absolute Gasteiger partial charge is 0.0412 e. The minimum absolute atomic E-state index is 0.791. The highest BCUT2D eigenvalue weighted by molar-refractivity contribution is 6.30. The van der Waals surface area contributed by atoms with Crippen molar-refractivity contribution < 1.29 is 0 Å². The molecule has 0 fully saturated rings. The lowest BCUT2D eigenvalue weighted by molar-refractivity contribution is 1.37. The van der Waals surface area contributed by atoms with E-state index in [1.165, 1.54) is 27.8 Å². The minimum atomic E-state index is 0.791. The van der Waals surface area contributed by atoms with Gasteiger partial charge in [0.1, 0.15) is 0 Å². The molecule has 0 bridgehead atoms. The van der Waals surface area contributed by atoms with Crippen molar-refractivity contribution in [3.63, 3.8) is 0 Å². The summed E-state index contributed by atoms with van der Waals surface area (Å²) in [5.41, 5.74) is 6.30. The molecular formula is C15H15Cl. The number of hydrogen-bond acceptors (Lipinski definition) is 0. The maximum absolute atomic E-state index is 6.05. The Morgan fingerprint density at radius 2 is 1.44 bits per heavy atom.